The van der Waals surface area contributed by atoms with Gasteiger partial charge in [-0.05, 0) is 32.9 Å². The SMILES string of the molecule is CCN1CCCCC(N)C1c1csc(C)n1. The van der Waals surface area contributed by atoms with Gasteiger partial charge in [0.15, 0.2) is 0 Å². The summed E-state index contributed by atoms with van der Waals surface area (Å²) in [5, 5.41) is 3.32. The summed E-state index contributed by atoms with van der Waals surface area (Å²) in [6.45, 7) is 6.50. The van der Waals surface area contributed by atoms with Gasteiger partial charge in [-0.1, -0.05) is 13.3 Å². The van der Waals surface area contributed by atoms with E-state index in [9.17, 15) is 0 Å². The van der Waals surface area contributed by atoms with Gasteiger partial charge in [0.25, 0.3) is 0 Å². The lowest BCUT2D eigenvalue weighted by molar-refractivity contribution is 0.192. The Bertz CT molecular complexity index is 337. The van der Waals surface area contributed by atoms with Crippen molar-refractivity contribution < 1.29 is 0 Å². The number of hydrogen-bond acceptors (Lipinski definition) is 4. The Morgan fingerprint density at radius 3 is 3.00 bits per heavy atom. The van der Waals surface area contributed by atoms with Crippen LogP contribution in [-0.4, -0.2) is 29.0 Å². The van der Waals surface area contributed by atoms with Crippen molar-refractivity contribution in [2.45, 2.75) is 45.2 Å². The molecule has 0 aromatic carbocycles. The molecule has 0 radical (unpaired) electrons. The second kappa shape index (κ2) is 5.25. The van der Waals surface area contributed by atoms with E-state index < -0.39 is 0 Å². The Balaban J connectivity index is 2.25. The van der Waals surface area contributed by atoms with Crippen molar-refractivity contribution in [3.8, 4) is 0 Å². The van der Waals surface area contributed by atoms with Crippen LogP contribution in [0.3, 0.4) is 0 Å². The quantitative estimate of drug-likeness (QED) is 0.861. The third-order valence-electron chi connectivity index (χ3n) is 3.38. The van der Waals surface area contributed by atoms with Crippen LogP contribution >= 0.6 is 11.3 Å². The molecule has 1 aliphatic rings. The third-order valence-corrected chi connectivity index (χ3v) is 4.17. The fraction of sp³-hybridized carbons (Fsp3) is 0.750. The Hall–Kier alpha value is -0.450. The number of likely N-dealkylation sites (N-methyl/N-ethyl adjacent to an activating group) is 1. The van der Waals surface area contributed by atoms with Gasteiger partial charge in [0, 0.05) is 11.4 Å². The lowest BCUT2D eigenvalue weighted by Crippen LogP contribution is -2.39. The first kappa shape index (κ1) is 12.0. The third kappa shape index (κ3) is 2.44. The molecule has 0 saturated carbocycles. The van der Waals surface area contributed by atoms with Gasteiger partial charge in [-0.2, -0.15) is 0 Å². The topological polar surface area (TPSA) is 42.1 Å². The van der Waals surface area contributed by atoms with Gasteiger partial charge in [0.2, 0.25) is 0 Å². The van der Waals surface area contributed by atoms with Crippen LogP contribution in [0, 0.1) is 6.92 Å². The number of thiazole rings is 1. The molecular weight excluding hydrogens is 218 g/mol. The summed E-state index contributed by atoms with van der Waals surface area (Å²) in [6.07, 6.45) is 3.64. The summed E-state index contributed by atoms with van der Waals surface area (Å²) >= 11 is 1.73. The molecule has 0 bridgehead atoms. The largest absolute Gasteiger partial charge is 0.326 e. The van der Waals surface area contributed by atoms with Crippen molar-refractivity contribution in [1.29, 1.82) is 0 Å². The summed E-state index contributed by atoms with van der Waals surface area (Å²) in [7, 11) is 0. The highest BCUT2D eigenvalue weighted by atomic mass is 32.1. The first-order valence-corrected chi connectivity index (χ1v) is 7.02. The van der Waals surface area contributed by atoms with Crippen molar-refractivity contribution >= 4 is 11.3 Å². The number of hydrogen-bond donors (Lipinski definition) is 1. The zero-order valence-electron chi connectivity index (χ0n) is 10.1. The van der Waals surface area contributed by atoms with Gasteiger partial charge in [-0.15, -0.1) is 11.3 Å². The maximum absolute atomic E-state index is 6.31. The molecule has 1 saturated heterocycles. The van der Waals surface area contributed by atoms with Crippen LogP contribution < -0.4 is 5.73 Å². The monoisotopic (exact) mass is 239 g/mol. The van der Waals surface area contributed by atoms with Gasteiger partial charge in [0.05, 0.1) is 16.7 Å². The zero-order valence-corrected chi connectivity index (χ0v) is 11.0. The minimum Gasteiger partial charge on any atom is -0.326 e. The molecule has 1 aromatic heterocycles. The van der Waals surface area contributed by atoms with Gasteiger partial charge < -0.3 is 5.73 Å². The van der Waals surface area contributed by atoms with Crippen LogP contribution in [0.1, 0.15) is 42.9 Å². The van der Waals surface area contributed by atoms with Crippen molar-refractivity contribution in [3.63, 3.8) is 0 Å². The van der Waals surface area contributed by atoms with Crippen LogP contribution in [0.4, 0.5) is 0 Å². The molecule has 4 heteroatoms. The number of aromatic nitrogens is 1. The lowest BCUT2D eigenvalue weighted by Gasteiger charge is -2.31. The van der Waals surface area contributed by atoms with Crippen LogP contribution in [-0.2, 0) is 0 Å². The maximum Gasteiger partial charge on any atom is 0.0898 e. The highest BCUT2D eigenvalue weighted by Crippen LogP contribution is 2.29. The average molecular weight is 239 g/mol. The van der Waals surface area contributed by atoms with Gasteiger partial charge in [-0.25, -0.2) is 4.98 Å². The smallest absolute Gasteiger partial charge is 0.0898 e. The molecule has 3 nitrogen and oxygen atoms in total. The van der Waals surface area contributed by atoms with Crippen LogP contribution in [0.2, 0.25) is 0 Å². The van der Waals surface area contributed by atoms with E-state index in [1.54, 1.807) is 11.3 Å². The highest BCUT2D eigenvalue weighted by molar-refractivity contribution is 7.09. The molecule has 0 amide bonds. The molecule has 90 valence electrons. The van der Waals surface area contributed by atoms with E-state index in [1.165, 1.54) is 18.5 Å². The predicted octanol–water partition coefficient (Wildman–Crippen LogP) is 2.33. The van der Waals surface area contributed by atoms with Crippen molar-refractivity contribution in [1.82, 2.24) is 9.88 Å². The van der Waals surface area contributed by atoms with Crippen LogP contribution in [0.5, 0.6) is 0 Å². The Labute approximate surface area is 102 Å². The highest BCUT2D eigenvalue weighted by Gasteiger charge is 2.29. The van der Waals surface area contributed by atoms with Crippen molar-refractivity contribution in [2.75, 3.05) is 13.1 Å². The molecule has 2 heterocycles. The van der Waals surface area contributed by atoms with E-state index in [2.05, 4.69) is 29.1 Å². The number of aryl methyl sites for hydroxylation is 1. The molecule has 2 unspecified atom stereocenters. The predicted molar refractivity (Wildman–Crippen MR) is 68.7 cm³/mol. The summed E-state index contributed by atoms with van der Waals surface area (Å²) in [6, 6.07) is 0.571. The average Bonchev–Trinajstić information content (AvgIpc) is 2.59. The molecule has 1 fully saturated rings. The van der Waals surface area contributed by atoms with E-state index in [0.717, 1.165) is 24.5 Å². The summed E-state index contributed by atoms with van der Waals surface area (Å²) in [4.78, 5) is 7.10. The lowest BCUT2D eigenvalue weighted by atomic mass is 10.0. The Morgan fingerprint density at radius 1 is 1.56 bits per heavy atom. The molecule has 2 atom stereocenters. The molecule has 2 N–H and O–H groups in total. The fourth-order valence-electron chi connectivity index (χ4n) is 2.54. The number of nitrogens with two attached hydrogens (primary N) is 1. The molecule has 16 heavy (non-hydrogen) atoms. The van der Waals surface area contributed by atoms with E-state index in [0.29, 0.717) is 6.04 Å². The van der Waals surface area contributed by atoms with Crippen LogP contribution in [0.25, 0.3) is 0 Å². The molecule has 1 aliphatic heterocycles. The van der Waals surface area contributed by atoms with E-state index in [-0.39, 0.29) is 6.04 Å². The normalized spacial score (nSPS) is 27.9. The first-order chi connectivity index (χ1) is 7.72. The first-order valence-electron chi connectivity index (χ1n) is 6.14. The summed E-state index contributed by atoms with van der Waals surface area (Å²) < 4.78 is 0. The van der Waals surface area contributed by atoms with Gasteiger partial charge in [-0.3, -0.25) is 4.90 Å². The van der Waals surface area contributed by atoms with Crippen LogP contribution in [0.15, 0.2) is 5.38 Å². The van der Waals surface area contributed by atoms with E-state index in [1.807, 2.05) is 0 Å². The second-order valence-corrected chi connectivity index (χ2v) is 5.59. The van der Waals surface area contributed by atoms with E-state index >= 15 is 0 Å². The fourth-order valence-corrected chi connectivity index (χ4v) is 3.18. The molecule has 2 rings (SSSR count). The maximum atomic E-state index is 6.31. The molecule has 1 aromatic rings. The minimum absolute atomic E-state index is 0.240. The van der Waals surface area contributed by atoms with Gasteiger partial charge in [0.1, 0.15) is 0 Å². The number of nitrogens with zero attached hydrogens (tertiary/aromatic N) is 2. The number of rotatable bonds is 2. The van der Waals surface area contributed by atoms with E-state index in [4.69, 9.17) is 5.73 Å². The Kier molecular flexibility index (Phi) is 3.95. The standard InChI is InChI=1S/C12H21N3S/c1-3-15-7-5-4-6-10(13)12(15)11-8-16-9(2)14-11/h8,10,12H,3-7,13H2,1-2H3. The molecule has 0 aliphatic carbocycles. The zero-order chi connectivity index (χ0) is 11.5. The summed E-state index contributed by atoms with van der Waals surface area (Å²) in [5.41, 5.74) is 7.49. The molecular formula is C12H21N3S. The Morgan fingerprint density at radius 2 is 2.38 bits per heavy atom. The number of likely N-dealkylation sites (tertiary alicyclic amines) is 1. The summed E-state index contributed by atoms with van der Waals surface area (Å²) in [5.74, 6) is 0. The van der Waals surface area contributed by atoms with Gasteiger partial charge >= 0.3 is 0 Å². The van der Waals surface area contributed by atoms with Crippen molar-refractivity contribution in [3.05, 3.63) is 16.1 Å². The second-order valence-electron chi connectivity index (χ2n) is 4.52. The minimum atomic E-state index is 0.240. The van der Waals surface area contributed by atoms with Crippen molar-refractivity contribution in [2.24, 2.45) is 5.73 Å². The molecule has 0 spiro atoms.